The van der Waals surface area contributed by atoms with Crippen molar-refractivity contribution < 1.29 is 13.2 Å². The van der Waals surface area contributed by atoms with Gasteiger partial charge in [0, 0.05) is 12.5 Å². The maximum absolute atomic E-state index is 13.4. The van der Waals surface area contributed by atoms with Gasteiger partial charge in [-0.3, -0.25) is 9.10 Å². The molecule has 3 unspecified atom stereocenters. The molecule has 3 atom stereocenters. The molecular weight excluding hydrogens is 322 g/mol. The molecule has 24 heavy (non-hydrogen) atoms. The molecule has 4 rings (SSSR count). The molecule has 130 valence electrons. The highest BCUT2D eigenvalue weighted by Gasteiger charge is 2.65. The van der Waals surface area contributed by atoms with Crippen LogP contribution < -0.4 is 4.31 Å². The highest BCUT2D eigenvalue weighted by molar-refractivity contribution is 7.92. The Balaban J connectivity index is 1.74. The van der Waals surface area contributed by atoms with Gasteiger partial charge in [-0.1, -0.05) is 32.0 Å². The van der Waals surface area contributed by atoms with Crippen LogP contribution in [0.2, 0.25) is 0 Å². The third kappa shape index (κ3) is 1.91. The molecule has 0 radical (unpaired) electrons. The molecule has 2 fully saturated rings. The monoisotopic (exact) mass is 347 g/mol. The van der Waals surface area contributed by atoms with Crippen LogP contribution in [-0.2, 0) is 21.2 Å². The first-order valence-corrected chi connectivity index (χ1v) is 10.4. The van der Waals surface area contributed by atoms with Gasteiger partial charge in [0.25, 0.3) is 0 Å². The highest BCUT2D eigenvalue weighted by Crippen LogP contribution is 2.64. The predicted octanol–water partition coefficient (Wildman–Crippen LogP) is 3.16. The van der Waals surface area contributed by atoms with E-state index in [1.165, 1.54) is 0 Å². The van der Waals surface area contributed by atoms with Gasteiger partial charge in [0.1, 0.15) is 5.78 Å². The average molecular weight is 347 g/mol. The first-order chi connectivity index (χ1) is 11.2. The molecule has 2 aliphatic carbocycles. The van der Waals surface area contributed by atoms with Crippen molar-refractivity contribution in [3.63, 3.8) is 0 Å². The smallest absolute Gasteiger partial charge is 0.236 e. The van der Waals surface area contributed by atoms with Crippen LogP contribution in [0.3, 0.4) is 0 Å². The van der Waals surface area contributed by atoms with Gasteiger partial charge in [0.05, 0.1) is 16.9 Å². The minimum Gasteiger partial charge on any atom is -0.299 e. The number of sulfonamides is 1. The van der Waals surface area contributed by atoms with Crippen molar-refractivity contribution in [2.24, 2.45) is 16.7 Å². The van der Waals surface area contributed by atoms with Crippen molar-refractivity contribution in [3.8, 4) is 0 Å². The topological polar surface area (TPSA) is 54.5 Å². The highest BCUT2D eigenvalue weighted by atomic mass is 32.2. The maximum atomic E-state index is 13.4. The lowest BCUT2D eigenvalue weighted by Crippen LogP contribution is -2.48. The maximum Gasteiger partial charge on any atom is 0.236 e. The van der Waals surface area contributed by atoms with Crippen molar-refractivity contribution in [2.45, 2.75) is 52.5 Å². The summed E-state index contributed by atoms with van der Waals surface area (Å²) in [5.41, 5.74) is 0.944. The van der Waals surface area contributed by atoms with E-state index in [2.05, 4.69) is 13.8 Å². The number of carbonyl (C=O) groups is 1. The second kappa shape index (κ2) is 4.84. The fourth-order valence-electron chi connectivity index (χ4n) is 5.45. The van der Waals surface area contributed by atoms with Gasteiger partial charge in [0.2, 0.25) is 10.0 Å². The Bertz CT molecular complexity index is 814. The van der Waals surface area contributed by atoms with Gasteiger partial charge in [-0.25, -0.2) is 8.42 Å². The van der Waals surface area contributed by atoms with Crippen LogP contribution in [-0.4, -0.2) is 26.0 Å². The Kier molecular flexibility index (Phi) is 3.25. The number of anilines is 1. The molecule has 1 aromatic carbocycles. The number of benzene rings is 1. The van der Waals surface area contributed by atoms with Crippen LogP contribution in [0.5, 0.6) is 0 Å². The first kappa shape index (κ1) is 16.1. The van der Waals surface area contributed by atoms with Crippen LogP contribution in [0.25, 0.3) is 0 Å². The largest absolute Gasteiger partial charge is 0.299 e. The molecule has 0 N–H and O–H groups in total. The zero-order valence-electron chi connectivity index (χ0n) is 14.6. The van der Waals surface area contributed by atoms with E-state index in [4.69, 9.17) is 0 Å². The van der Waals surface area contributed by atoms with E-state index in [1.807, 2.05) is 31.2 Å². The van der Waals surface area contributed by atoms with Gasteiger partial charge >= 0.3 is 0 Å². The summed E-state index contributed by atoms with van der Waals surface area (Å²) in [7, 11) is -3.54. The third-order valence-electron chi connectivity index (χ3n) is 7.01. The number of fused-ring (bicyclic) bond motifs is 3. The molecule has 2 bridgehead atoms. The molecule has 1 aliphatic heterocycles. The standard InChI is InChI=1S/C19H25NO3S/c1-13-10-14-6-4-5-7-16(14)20(13)24(22,23)12-19-9-8-15(11-17(19)21)18(19,2)3/h4-7,13,15H,8-12H2,1-3H3. The second-order valence-corrected chi connectivity index (χ2v) is 10.2. The van der Waals surface area contributed by atoms with Crippen molar-refractivity contribution in [3.05, 3.63) is 29.8 Å². The molecule has 0 aromatic heterocycles. The fraction of sp³-hybridized carbons (Fsp3) is 0.632. The molecule has 1 aromatic rings. The Morgan fingerprint density at radius 1 is 1.21 bits per heavy atom. The minimum absolute atomic E-state index is 0.0407. The van der Waals surface area contributed by atoms with Gasteiger partial charge in [-0.05, 0) is 49.1 Å². The number of rotatable bonds is 3. The van der Waals surface area contributed by atoms with E-state index in [-0.39, 0.29) is 23.0 Å². The molecule has 2 saturated carbocycles. The summed E-state index contributed by atoms with van der Waals surface area (Å²) in [6.45, 7) is 6.13. The summed E-state index contributed by atoms with van der Waals surface area (Å²) < 4.78 is 28.3. The summed E-state index contributed by atoms with van der Waals surface area (Å²) in [6, 6.07) is 7.63. The number of Topliss-reactive ketones (excluding diaryl/α,β-unsaturated/α-hetero) is 1. The van der Waals surface area contributed by atoms with Crippen molar-refractivity contribution in [1.29, 1.82) is 0 Å². The van der Waals surface area contributed by atoms with E-state index >= 15 is 0 Å². The van der Waals surface area contributed by atoms with Crippen molar-refractivity contribution in [1.82, 2.24) is 0 Å². The minimum atomic E-state index is -3.54. The lowest BCUT2D eigenvalue weighted by molar-refractivity contribution is -0.128. The van der Waals surface area contributed by atoms with Gasteiger partial charge in [-0.15, -0.1) is 0 Å². The van der Waals surface area contributed by atoms with Crippen LogP contribution in [0.4, 0.5) is 5.69 Å². The normalized spacial score (nSPS) is 34.0. The molecular formula is C19H25NO3S. The van der Waals surface area contributed by atoms with Gasteiger partial charge in [-0.2, -0.15) is 0 Å². The first-order valence-electron chi connectivity index (χ1n) is 8.82. The summed E-state index contributed by atoms with van der Waals surface area (Å²) in [4.78, 5) is 12.7. The molecule has 1 heterocycles. The van der Waals surface area contributed by atoms with E-state index in [0.29, 0.717) is 18.8 Å². The number of hydrogen-bond donors (Lipinski definition) is 0. The Morgan fingerprint density at radius 3 is 2.54 bits per heavy atom. The quantitative estimate of drug-likeness (QED) is 0.844. The van der Waals surface area contributed by atoms with Crippen LogP contribution >= 0.6 is 0 Å². The summed E-state index contributed by atoms with van der Waals surface area (Å²) >= 11 is 0. The van der Waals surface area contributed by atoms with E-state index < -0.39 is 15.4 Å². The number of hydrogen-bond acceptors (Lipinski definition) is 3. The summed E-state index contributed by atoms with van der Waals surface area (Å²) in [5.74, 6) is 0.456. The second-order valence-electron chi connectivity index (χ2n) is 8.40. The molecule has 0 spiro atoms. The molecule has 3 aliphatic rings. The molecule has 0 amide bonds. The van der Waals surface area contributed by atoms with Crippen molar-refractivity contribution in [2.75, 3.05) is 10.1 Å². The Morgan fingerprint density at radius 2 is 1.92 bits per heavy atom. The van der Waals surface area contributed by atoms with E-state index in [0.717, 1.165) is 24.1 Å². The molecule has 5 heteroatoms. The number of carbonyl (C=O) groups excluding carboxylic acids is 1. The number of ketones is 1. The SMILES string of the molecule is CC1Cc2ccccc2N1S(=O)(=O)CC12CCC(CC1=O)C2(C)C. The fourth-order valence-corrected chi connectivity index (χ4v) is 7.99. The van der Waals surface area contributed by atoms with Crippen LogP contribution in [0.1, 0.15) is 45.6 Å². The van der Waals surface area contributed by atoms with Crippen molar-refractivity contribution >= 4 is 21.5 Å². The molecule has 0 saturated heterocycles. The average Bonchev–Trinajstić information content (AvgIpc) is 3.01. The number of nitrogens with zero attached hydrogens (tertiary/aromatic N) is 1. The third-order valence-corrected chi connectivity index (χ3v) is 9.03. The molecule has 4 nitrogen and oxygen atoms in total. The van der Waals surface area contributed by atoms with Gasteiger partial charge in [0.15, 0.2) is 0 Å². The van der Waals surface area contributed by atoms with Gasteiger partial charge < -0.3 is 0 Å². The lowest BCUT2D eigenvalue weighted by Gasteiger charge is -2.38. The number of para-hydroxylation sites is 1. The van der Waals surface area contributed by atoms with E-state index in [9.17, 15) is 13.2 Å². The zero-order valence-corrected chi connectivity index (χ0v) is 15.4. The van der Waals surface area contributed by atoms with Crippen LogP contribution in [0.15, 0.2) is 24.3 Å². The summed E-state index contributed by atoms with van der Waals surface area (Å²) in [5, 5.41) is 0. The lowest BCUT2D eigenvalue weighted by atomic mass is 9.70. The predicted molar refractivity (Wildman–Crippen MR) is 94.4 cm³/mol. The Hall–Kier alpha value is -1.36. The Labute approximate surface area is 144 Å². The zero-order chi connectivity index (χ0) is 17.3. The van der Waals surface area contributed by atoms with E-state index in [1.54, 1.807) is 4.31 Å². The van der Waals surface area contributed by atoms with Crippen LogP contribution in [0, 0.1) is 16.7 Å². The summed E-state index contributed by atoms with van der Waals surface area (Å²) in [6.07, 6.45) is 2.98.